The van der Waals surface area contributed by atoms with Crippen molar-refractivity contribution in [3.8, 4) is 0 Å². The van der Waals surface area contributed by atoms with Gasteiger partial charge in [0.25, 0.3) is 0 Å². The smallest absolute Gasteiger partial charge is 0.113 e. The minimum absolute atomic E-state index is 0.0838. The lowest BCUT2D eigenvalue weighted by Crippen LogP contribution is -2.50. The van der Waals surface area contributed by atoms with Crippen LogP contribution in [0.2, 0.25) is 0 Å². The number of ether oxygens (including phenoxy) is 4. The normalized spacial score (nSPS) is 13.9. The van der Waals surface area contributed by atoms with Crippen molar-refractivity contribution in [3.05, 3.63) is 154 Å². The van der Waals surface area contributed by atoms with E-state index < -0.39 is 24.4 Å². The van der Waals surface area contributed by atoms with Crippen LogP contribution >= 0.6 is 0 Å². The zero-order valence-corrected chi connectivity index (χ0v) is 23.5. The summed E-state index contributed by atoms with van der Waals surface area (Å²) in [4.78, 5) is 3.12. The quantitative estimate of drug-likeness (QED) is 0.0825. The van der Waals surface area contributed by atoms with E-state index in [0.717, 1.165) is 22.3 Å². The number of aliphatic hydroxyl groups is 1. The lowest BCUT2D eigenvalue weighted by atomic mass is 10.0. The number of hydrogen-bond donors (Lipinski definition) is 1. The van der Waals surface area contributed by atoms with Crippen molar-refractivity contribution in [2.75, 3.05) is 13.2 Å². The fraction of sp³-hybridized carbons (Fsp3) is 0.294. The third-order valence-electron chi connectivity index (χ3n) is 6.73. The third kappa shape index (κ3) is 10.1. The third-order valence-corrected chi connectivity index (χ3v) is 6.73. The Labute approximate surface area is 247 Å². The molecule has 4 rings (SSSR count). The standard InChI is InChI=1S/C34H37N3O5/c35-37-36-31(26-39-22-27-13-5-1-6-14-27)33(41-24-29-17-9-3-10-18-29)34(42-25-30-19-11-4-12-20-30)32(21-38)40-23-28-15-7-2-8-16-28/h1-20,31-34,38H,21-26H2/t31-,32-,33+,34+/m0/s1. The van der Waals surface area contributed by atoms with Gasteiger partial charge in [0.1, 0.15) is 12.2 Å². The monoisotopic (exact) mass is 567 g/mol. The molecular formula is C34H37N3O5. The predicted octanol–water partition coefficient (Wildman–Crippen LogP) is 6.63. The fourth-order valence-corrected chi connectivity index (χ4v) is 4.53. The molecule has 0 aliphatic heterocycles. The average Bonchev–Trinajstić information content (AvgIpc) is 3.05. The van der Waals surface area contributed by atoms with Gasteiger partial charge in [-0.2, -0.15) is 0 Å². The maximum absolute atomic E-state index is 10.5. The van der Waals surface area contributed by atoms with Gasteiger partial charge in [-0.05, 0) is 27.8 Å². The van der Waals surface area contributed by atoms with Gasteiger partial charge in [-0.25, -0.2) is 0 Å². The molecule has 0 heterocycles. The van der Waals surface area contributed by atoms with Crippen molar-refractivity contribution in [2.24, 2.45) is 5.11 Å². The van der Waals surface area contributed by atoms with Crippen LogP contribution in [0.4, 0.5) is 0 Å². The van der Waals surface area contributed by atoms with Crippen LogP contribution in [-0.4, -0.2) is 42.7 Å². The van der Waals surface area contributed by atoms with Gasteiger partial charge in [-0.1, -0.05) is 126 Å². The molecule has 0 saturated heterocycles. The van der Waals surface area contributed by atoms with Gasteiger partial charge in [0, 0.05) is 4.91 Å². The van der Waals surface area contributed by atoms with E-state index in [2.05, 4.69) is 10.0 Å². The maximum atomic E-state index is 10.5. The predicted molar refractivity (Wildman–Crippen MR) is 161 cm³/mol. The summed E-state index contributed by atoms with van der Waals surface area (Å²) in [6, 6.07) is 38.2. The minimum atomic E-state index is -0.798. The van der Waals surface area contributed by atoms with Gasteiger partial charge in [-0.3, -0.25) is 0 Å². The molecule has 8 heteroatoms. The lowest BCUT2D eigenvalue weighted by molar-refractivity contribution is -0.170. The molecule has 4 aromatic rings. The Hall–Kier alpha value is -4.01. The number of aliphatic hydroxyl groups excluding tert-OH is 1. The summed E-state index contributed by atoms with van der Waals surface area (Å²) >= 11 is 0. The second-order valence-electron chi connectivity index (χ2n) is 9.81. The highest BCUT2D eigenvalue weighted by atomic mass is 16.6. The Kier molecular flexibility index (Phi) is 13.1. The Bertz CT molecular complexity index is 1320. The van der Waals surface area contributed by atoms with Gasteiger partial charge in [-0.15, -0.1) is 0 Å². The van der Waals surface area contributed by atoms with Gasteiger partial charge in [0.05, 0.1) is 51.8 Å². The van der Waals surface area contributed by atoms with E-state index in [0.29, 0.717) is 6.61 Å². The summed E-state index contributed by atoms with van der Waals surface area (Å²) in [6.07, 6.45) is -2.37. The molecule has 0 spiro atoms. The number of benzene rings is 4. The van der Waals surface area contributed by atoms with Crippen LogP contribution in [0.3, 0.4) is 0 Å². The van der Waals surface area contributed by atoms with Crippen LogP contribution in [-0.2, 0) is 45.4 Å². The van der Waals surface area contributed by atoms with E-state index in [-0.39, 0.29) is 33.0 Å². The minimum Gasteiger partial charge on any atom is -0.394 e. The van der Waals surface area contributed by atoms with Crippen molar-refractivity contribution in [3.63, 3.8) is 0 Å². The summed E-state index contributed by atoms with van der Waals surface area (Å²) < 4.78 is 25.2. The van der Waals surface area contributed by atoms with Crippen molar-refractivity contribution in [1.29, 1.82) is 0 Å². The Morgan fingerprint density at radius 3 is 1.40 bits per heavy atom. The molecule has 0 fully saturated rings. The van der Waals surface area contributed by atoms with E-state index in [9.17, 15) is 10.6 Å². The number of rotatable bonds is 18. The highest BCUT2D eigenvalue weighted by Gasteiger charge is 2.37. The van der Waals surface area contributed by atoms with E-state index in [1.54, 1.807) is 0 Å². The first-order chi connectivity index (χ1) is 20.8. The van der Waals surface area contributed by atoms with E-state index in [1.807, 2.05) is 121 Å². The van der Waals surface area contributed by atoms with E-state index in [4.69, 9.17) is 18.9 Å². The molecular weight excluding hydrogens is 530 g/mol. The highest BCUT2D eigenvalue weighted by Crippen LogP contribution is 2.23. The van der Waals surface area contributed by atoms with Crippen molar-refractivity contribution >= 4 is 0 Å². The molecule has 0 aliphatic carbocycles. The molecule has 4 atom stereocenters. The Morgan fingerprint density at radius 1 is 0.571 bits per heavy atom. The van der Waals surface area contributed by atoms with Crippen LogP contribution in [0.15, 0.2) is 126 Å². The maximum Gasteiger partial charge on any atom is 0.113 e. The van der Waals surface area contributed by atoms with Gasteiger partial charge in [0.15, 0.2) is 0 Å². The molecule has 218 valence electrons. The first kappa shape index (κ1) is 30.9. The Morgan fingerprint density at radius 2 is 0.976 bits per heavy atom. The zero-order chi connectivity index (χ0) is 29.2. The van der Waals surface area contributed by atoms with Crippen molar-refractivity contribution < 1.29 is 24.1 Å². The van der Waals surface area contributed by atoms with Crippen LogP contribution in [0, 0.1) is 0 Å². The molecule has 0 unspecified atom stereocenters. The number of hydrogen-bond acceptors (Lipinski definition) is 6. The molecule has 4 aromatic carbocycles. The topological polar surface area (TPSA) is 106 Å². The molecule has 0 bridgehead atoms. The van der Waals surface area contributed by atoms with Gasteiger partial charge >= 0.3 is 0 Å². The van der Waals surface area contributed by atoms with Crippen LogP contribution in [0.1, 0.15) is 22.3 Å². The van der Waals surface area contributed by atoms with Crippen LogP contribution in [0.5, 0.6) is 0 Å². The molecule has 0 amide bonds. The molecule has 0 saturated carbocycles. The average molecular weight is 568 g/mol. The van der Waals surface area contributed by atoms with Gasteiger partial charge in [0.2, 0.25) is 0 Å². The van der Waals surface area contributed by atoms with Crippen LogP contribution < -0.4 is 0 Å². The van der Waals surface area contributed by atoms with E-state index >= 15 is 0 Å². The summed E-state index contributed by atoms with van der Waals surface area (Å²) in [5.74, 6) is 0. The first-order valence-corrected chi connectivity index (χ1v) is 14.0. The SMILES string of the molecule is [N-]=[N+]=N[C@@H](COCc1ccccc1)[C@@H](OCc1ccccc1)[C@H](OCc1ccccc1)[C@H](CO)OCc1ccccc1. The highest BCUT2D eigenvalue weighted by molar-refractivity contribution is 5.16. The van der Waals surface area contributed by atoms with Crippen molar-refractivity contribution in [2.45, 2.75) is 50.8 Å². The van der Waals surface area contributed by atoms with E-state index in [1.165, 1.54) is 0 Å². The molecule has 0 aromatic heterocycles. The second-order valence-corrected chi connectivity index (χ2v) is 9.81. The number of azide groups is 1. The lowest BCUT2D eigenvalue weighted by Gasteiger charge is -2.35. The fourth-order valence-electron chi connectivity index (χ4n) is 4.53. The largest absolute Gasteiger partial charge is 0.394 e. The molecule has 0 aliphatic rings. The Balaban J connectivity index is 1.60. The summed E-state index contributed by atoms with van der Waals surface area (Å²) in [5.41, 5.74) is 13.4. The second kappa shape index (κ2) is 17.7. The van der Waals surface area contributed by atoms with Crippen LogP contribution in [0.25, 0.3) is 10.4 Å². The molecule has 42 heavy (non-hydrogen) atoms. The molecule has 8 nitrogen and oxygen atoms in total. The van der Waals surface area contributed by atoms with Crippen molar-refractivity contribution in [1.82, 2.24) is 0 Å². The summed E-state index contributed by atoms with van der Waals surface area (Å²) in [6.45, 7) is 0.845. The summed E-state index contributed by atoms with van der Waals surface area (Å²) in [7, 11) is 0. The van der Waals surface area contributed by atoms with Gasteiger partial charge < -0.3 is 24.1 Å². The summed E-state index contributed by atoms with van der Waals surface area (Å²) in [5, 5.41) is 14.6. The zero-order valence-electron chi connectivity index (χ0n) is 23.5. The first-order valence-electron chi connectivity index (χ1n) is 14.0. The number of nitrogens with zero attached hydrogens (tertiary/aromatic N) is 3. The molecule has 1 N–H and O–H groups in total. The molecule has 0 radical (unpaired) electrons.